The average molecular weight is 300 g/mol. The highest BCUT2D eigenvalue weighted by Gasteiger charge is 2.17. The molecule has 1 N–H and O–H groups in total. The fraction of sp³-hybridized carbons (Fsp3) is 0.267. The number of ether oxygens (including phenoxy) is 1. The van der Waals surface area contributed by atoms with Crippen LogP contribution in [0, 0.1) is 6.92 Å². The van der Waals surface area contributed by atoms with Crippen molar-refractivity contribution in [1.29, 1.82) is 0 Å². The van der Waals surface area contributed by atoms with Gasteiger partial charge in [0.25, 0.3) is 5.91 Å². The Bertz CT molecular complexity index is 821. The van der Waals surface area contributed by atoms with Crippen molar-refractivity contribution in [2.45, 2.75) is 13.5 Å². The van der Waals surface area contributed by atoms with E-state index < -0.39 is 0 Å². The number of aromatic amines is 1. The van der Waals surface area contributed by atoms with Crippen molar-refractivity contribution >= 4 is 16.8 Å². The first-order valence-electron chi connectivity index (χ1n) is 6.78. The van der Waals surface area contributed by atoms with E-state index in [1.807, 2.05) is 18.2 Å². The molecule has 0 bridgehead atoms. The van der Waals surface area contributed by atoms with Gasteiger partial charge in [0.05, 0.1) is 13.7 Å². The number of amides is 1. The largest absolute Gasteiger partial charge is 0.497 e. The van der Waals surface area contributed by atoms with E-state index >= 15 is 0 Å². The van der Waals surface area contributed by atoms with Crippen LogP contribution >= 0.6 is 0 Å². The van der Waals surface area contributed by atoms with Crippen LogP contribution in [0.4, 0.5) is 0 Å². The zero-order valence-corrected chi connectivity index (χ0v) is 12.6. The number of hydrogen-bond acceptors (Lipinski definition) is 5. The molecule has 22 heavy (non-hydrogen) atoms. The molecule has 1 amide bonds. The van der Waals surface area contributed by atoms with Crippen LogP contribution in [0.25, 0.3) is 10.9 Å². The van der Waals surface area contributed by atoms with Gasteiger partial charge in [-0.25, -0.2) is 0 Å². The Kier molecular flexibility index (Phi) is 3.54. The Morgan fingerprint density at radius 1 is 1.41 bits per heavy atom. The summed E-state index contributed by atoms with van der Waals surface area (Å²) in [4.78, 5) is 21.2. The lowest BCUT2D eigenvalue weighted by atomic mass is 10.2. The van der Waals surface area contributed by atoms with Crippen LogP contribution in [0.15, 0.2) is 28.8 Å². The van der Waals surface area contributed by atoms with Gasteiger partial charge in [-0.1, -0.05) is 5.16 Å². The Morgan fingerprint density at radius 2 is 2.23 bits per heavy atom. The molecule has 3 rings (SSSR count). The number of nitrogens with zero attached hydrogens (tertiary/aromatic N) is 3. The summed E-state index contributed by atoms with van der Waals surface area (Å²) in [6.45, 7) is 2.00. The van der Waals surface area contributed by atoms with Gasteiger partial charge in [-0.2, -0.15) is 4.98 Å². The summed E-state index contributed by atoms with van der Waals surface area (Å²) >= 11 is 0. The molecule has 7 heteroatoms. The van der Waals surface area contributed by atoms with E-state index in [-0.39, 0.29) is 12.5 Å². The van der Waals surface area contributed by atoms with Crippen molar-refractivity contribution in [3.63, 3.8) is 0 Å². The predicted octanol–water partition coefficient (Wildman–Crippen LogP) is 2.14. The number of aromatic nitrogens is 3. The molecule has 7 nitrogen and oxygen atoms in total. The number of carbonyl (C=O) groups is 1. The quantitative estimate of drug-likeness (QED) is 0.798. The van der Waals surface area contributed by atoms with E-state index in [4.69, 9.17) is 9.26 Å². The number of H-pyrrole nitrogens is 1. The average Bonchev–Trinajstić information content (AvgIpc) is 3.11. The lowest BCUT2D eigenvalue weighted by Gasteiger charge is -2.13. The maximum Gasteiger partial charge on any atom is 0.270 e. The first-order valence-corrected chi connectivity index (χ1v) is 6.78. The van der Waals surface area contributed by atoms with E-state index in [2.05, 4.69) is 15.1 Å². The Hall–Kier alpha value is -2.83. The van der Waals surface area contributed by atoms with Gasteiger partial charge in [-0.05, 0) is 24.3 Å². The van der Waals surface area contributed by atoms with Crippen LogP contribution in [0.1, 0.15) is 22.2 Å². The first kappa shape index (κ1) is 14.1. The Balaban J connectivity index is 1.81. The lowest BCUT2D eigenvalue weighted by Crippen LogP contribution is -2.27. The lowest BCUT2D eigenvalue weighted by molar-refractivity contribution is 0.0776. The van der Waals surface area contributed by atoms with Gasteiger partial charge in [0.1, 0.15) is 11.4 Å². The summed E-state index contributed by atoms with van der Waals surface area (Å²) in [5, 5.41) is 4.71. The molecular weight excluding hydrogens is 284 g/mol. The van der Waals surface area contributed by atoms with Gasteiger partial charge in [-0.15, -0.1) is 0 Å². The third kappa shape index (κ3) is 2.65. The van der Waals surface area contributed by atoms with Gasteiger partial charge in [0.15, 0.2) is 5.82 Å². The maximum absolute atomic E-state index is 12.5. The molecule has 0 aliphatic carbocycles. The molecule has 0 radical (unpaired) electrons. The van der Waals surface area contributed by atoms with Gasteiger partial charge in [0, 0.05) is 24.9 Å². The predicted molar refractivity (Wildman–Crippen MR) is 79.7 cm³/mol. The van der Waals surface area contributed by atoms with Gasteiger partial charge in [0.2, 0.25) is 5.89 Å². The molecule has 0 fully saturated rings. The van der Waals surface area contributed by atoms with Crippen molar-refractivity contribution in [3.05, 3.63) is 41.7 Å². The van der Waals surface area contributed by atoms with E-state index in [0.29, 0.717) is 17.4 Å². The smallest absolute Gasteiger partial charge is 0.270 e. The Morgan fingerprint density at radius 3 is 2.91 bits per heavy atom. The second kappa shape index (κ2) is 5.51. The minimum atomic E-state index is -0.141. The molecule has 114 valence electrons. The fourth-order valence-corrected chi connectivity index (χ4v) is 2.25. The standard InChI is InChI=1S/C15H16N4O3/c1-9-16-14(18-22-9)8-19(2)15(20)13-7-10-6-11(21-3)4-5-12(10)17-13/h4-7,17H,8H2,1-3H3. The zero-order valence-electron chi connectivity index (χ0n) is 12.6. The van der Waals surface area contributed by atoms with Crippen LogP contribution in [0.2, 0.25) is 0 Å². The van der Waals surface area contributed by atoms with Crippen molar-refractivity contribution < 1.29 is 14.1 Å². The van der Waals surface area contributed by atoms with E-state index in [9.17, 15) is 4.79 Å². The third-order valence-electron chi connectivity index (χ3n) is 3.35. The topological polar surface area (TPSA) is 84.3 Å². The van der Waals surface area contributed by atoms with Gasteiger partial charge in [-0.3, -0.25) is 4.79 Å². The molecule has 0 atom stereocenters. The monoisotopic (exact) mass is 300 g/mol. The van der Waals surface area contributed by atoms with Crippen molar-refractivity contribution in [2.24, 2.45) is 0 Å². The second-order valence-electron chi connectivity index (χ2n) is 5.03. The fourth-order valence-electron chi connectivity index (χ4n) is 2.25. The number of nitrogens with one attached hydrogen (secondary N) is 1. The summed E-state index contributed by atoms with van der Waals surface area (Å²) in [6, 6.07) is 7.41. The molecule has 1 aromatic carbocycles. The number of methoxy groups -OCH3 is 1. The molecular formula is C15H16N4O3. The highest BCUT2D eigenvalue weighted by atomic mass is 16.5. The molecule has 2 aromatic heterocycles. The first-order chi connectivity index (χ1) is 10.6. The zero-order chi connectivity index (χ0) is 15.7. The molecule has 0 aliphatic heterocycles. The number of hydrogen-bond donors (Lipinski definition) is 1. The summed E-state index contributed by atoms with van der Waals surface area (Å²) in [5.41, 5.74) is 1.39. The summed E-state index contributed by atoms with van der Waals surface area (Å²) in [7, 11) is 3.31. The van der Waals surface area contributed by atoms with Crippen LogP contribution in [0.3, 0.4) is 0 Å². The molecule has 0 unspecified atom stereocenters. The number of carbonyl (C=O) groups excluding carboxylic acids is 1. The summed E-state index contributed by atoms with van der Waals surface area (Å²) < 4.78 is 10.1. The molecule has 0 saturated heterocycles. The minimum absolute atomic E-state index is 0.141. The maximum atomic E-state index is 12.5. The van der Waals surface area contributed by atoms with Crippen molar-refractivity contribution in [2.75, 3.05) is 14.2 Å². The summed E-state index contributed by atoms with van der Waals surface area (Å²) in [5.74, 6) is 1.57. The van der Waals surface area contributed by atoms with Gasteiger partial charge < -0.3 is 19.1 Å². The molecule has 0 saturated carbocycles. The number of aryl methyl sites for hydroxylation is 1. The number of fused-ring (bicyclic) bond motifs is 1. The number of rotatable bonds is 4. The SMILES string of the molecule is COc1ccc2[nH]c(C(=O)N(C)Cc3noc(C)n3)cc2c1. The van der Waals surface area contributed by atoms with E-state index in [0.717, 1.165) is 16.7 Å². The van der Waals surface area contributed by atoms with Crippen LogP contribution in [-0.4, -0.2) is 40.1 Å². The highest BCUT2D eigenvalue weighted by Crippen LogP contribution is 2.22. The summed E-state index contributed by atoms with van der Waals surface area (Å²) in [6.07, 6.45) is 0. The Labute approximate surface area is 126 Å². The van der Waals surface area contributed by atoms with E-state index in [1.165, 1.54) is 4.90 Å². The van der Waals surface area contributed by atoms with E-state index in [1.54, 1.807) is 27.1 Å². The molecule has 3 aromatic rings. The van der Waals surface area contributed by atoms with Crippen LogP contribution in [-0.2, 0) is 6.54 Å². The van der Waals surface area contributed by atoms with Crippen molar-refractivity contribution in [3.8, 4) is 5.75 Å². The highest BCUT2D eigenvalue weighted by molar-refractivity contribution is 5.98. The van der Waals surface area contributed by atoms with Crippen LogP contribution in [0.5, 0.6) is 5.75 Å². The molecule has 0 aliphatic rings. The van der Waals surface area contributed by atoms with Gasteiger partial charge >= 0.3 is 0 Å². The molecule has 2 heterocycles. The normalized spacial score (nSPS) is 10.9. The minimum Gasteiger partial charge on any atom is -0.497 e. The molecule has 0 spiro atoms. The van der Waals surface area contributed by atoms with Crippen LogP contribution < -0.4 is 4.74 Å². The van der Waals surface area contributed by atoms with Crippen molar-refractivity contribution in [1.82, 2.24) is 20.0 Å². The number of benzene rings is 1. The third-order valence-corrected chi connectivity index (χ3v) is 3.35. The second-order valence-corrected chi connectivity index (χ2v) is 5.03.